The maximum atomic E-state index is 13.2. The highest BCUT2D eigenvalue weighted by molar-refractivity contribution is 7.13. The molecule has 5 rings (SSSR count). The minimum absolute atomic E-state index is 0.0226. The first-order valence-electron chi connectivity index (χ1n) is 12.2. The number of aromatic nitrogens is 4. The van der Waals surface area contributed by atoms with Crippen molar-refractivity contribution in [1.29, 1.82) is 0 Å². The summed E-state index contributed by atoms with van der Waals surface area (Å²) in [6.45, 7) is 4.22. The van der Waals surface area contributed by atoms with Crippen molar-refractivity contribution in [3.8, 4) is 22.1 Å². The van der Waals surface area contributed by atoms with Crippen LogP contribution in [0, 0.1) is 6.92 Å². The zero-order valence-electron chi connectivity index (χ0n) is 19.6. The van der Waals surface area contributed by atoms with Crippen LogP contribution in [0.15, 0.2) is 41.7 Å². The molecule has 178 valence electrons. The molecule has 1 aliphatic carbocycles. The van der Waals surface area contributed by atoms with E-state index in [-0.39, 0.29) is 12.0 Å². The van der Waals surface area contributed by atoms with E-state index in [1.54, 1.807) is 18.6 Å². The molecule has 1 amide bonds. The Kier molecular flexibility index (Phi) is 7.16. The van der Waals surface area contributed by atoms with Gasteiger partial charge in [-0.2, -0.15) is 0 Å². The standard InChI is InChI=1S/C26H31N5O2S/c1-18-21(25(32)29-10-9-19-6-3-2-4-7-19)14-24(31(18)16-20-8-5-13-33-20)23-17-34-26(30-23)22-15-27-11-12-28-22/h6,11-12,14-15,17,20H,2-5,7-10,13,16H2,1H3,(H,29,32). The van der Waals surface area contributed by atoms with Gasteiger partial charge in [-0.05, 0) is 57.9 Å². The molecule has 3 aromatic rings. The van der Waals surface area contributed by atoms with E-state index < -0.39 is 0 Å². The molecule has 1 unspecified atom stereocenters. The first-order chi connectivity index (χ1) is 16.7. The Bertz CT molecular complexity index is 1160. The van der Waals surface area contributed by atoms with Crippen LogP contribution in [-0.2, 0) is 11.3 Å². The Hall–Kier alpha value is -2.84. The second-order valence-electron chi connectivity index (χ2n) is 9.02. The van der Waals surface area contributed by atoms with Crippen molar-refractivity contribution in [3.05, 3.63) is 52.9 Å². The largest absolute Gasteiger partial charge is 0.376 e. The van der Waals surface area contributed by atoms with Gasteiger partial charge in [-0.1, -0.05) is 11.6 Å². The highest BCUT2D eigenvalue weighted by Gasteiger charge is 2.24. The predicted octanol–water partition coefficient (Wildman–Crippen LogP) is 5.18. The van der Waals surface area contributed by atoms with E-state index in [1.807, 2.05) is 18.4 Å². The topological polar surface area (TPSA) is 81.9 Å². The molecule has 2 aliphatic rings. The number of amides is 1. The van der Waals surface area contributed by atoms with Crippen molar-refractivity contribution in [2.45, 2.75) is 64.5 Å². The third kappa shape index (κ3) is 5.13. The van der Waals surface area contributed by atoms with E-state index in [9.17, 15) is 4.79 Å². The van der Waals surface area contributed by atoms with Crippen LogP contribution in [0.5, 0.6) is 0 Å². The van der Waals surface area contributed by atoms with Crippen molar-refractivity contribution in [3.63, 3.8) is 0 Å². The Morgan fingerprint density at radius 2 is 2.21 bits per heavy atom. The summed E-state index contributed by atoms with van der Waals surface area (Å²) in [6.07, 6.45) is 15.5. The van der Waals surface area contributed by atoms with E-state index in [2.05, 4.69) is 25.9 Å². The van der Waals surface area contributed by atoms with Crippen LogP contribution >= 0.6 is 11.3 Å². The summed E-state index contributed by atoms with van der Waals surface area (Å²) in [5.41, 5.74) is 5.67. The second kappa shape index (κ2) is 10.6. The number of nitrogens with one attached hydrogen (secondary N) is 1. The van der Waals surface area contributed by atoms with Crippen LogP contribution in [0.4, 0.5) is 0 Å². The van der Waals surface area contributed by atoms with Crippen LogP contribution in [0.1, 0.15) is 61.0 Å². The van der Waals surface area contributed by atoms with Gasteiger partial charge in [0, 0.05) is 43.2 Å². The highest BCUT2D eigenvalue weighted by atomic mass is 32.1. The summed E-state index contributed by atoms with van der Waals surface area (Å²) in [4.78, 5) is 26.5. The number of thiazole rings is 1. The van der Waals surface area contributed by atoms with Gasteiger partial charge in [0.15, 0.2) is 0 Å². The summed E-state index contributed by atoms with van der Waals surface area (Å²) in [6, 6.07) is 1.98. The SMILES string of the molecule is Cc1c(C(=O)NCCC2=CCCCC2)cc(-c2csc(-c3cnccn3)n2)n1CC1CCCO1. The third-order valence-corrected chi connectivity index (χ3v) is 7.55. The van der Waals surface area contributed by atoms with Crippen LogP contribution in [0.3, 0.4) is 0 Å². The van der Waals surface area contributed by atoms with Gasteiger partial charge in [-0.15, -0.1) is 11.3 Å². The molecule has 0 aromatic carbocycles. The highest BCUT2D eigenvalue weighted by Crippen LogP contribution is 2.32. The van der Waals surface area contributed by atoms with Crippen LogP contribution in [0.2, 0.25) is 0 Å². The van der Waals surface area contributed by atoms with Gasteiger partial charge in [0.1, 0.15) is 10.7 Å². The monoisotopic (exact) mass is 477 g/mol. The van der Waals surface area contributed by atoms with Crippen LogP contribution in [-0.4, -0.2) is 44.7 Å². The molecule has 1 aliphatic heterocycles. The summed E-state index contributed by atoms with van der Waals surface area (Å²) >= 11 is 1.54. The van der Waals surface area contributed by atoms with E-state index in [1.165, 1.54) is 36.2 Å². The second-order valence-corrected chi connectivity index (χ2v) is 9.88. The lowest BCUT2D eigenvalue weighted by atomic mass is 9.97. The average molecular weight is 478 g/mol. The summed E-state index contributed by atoms with van der Waals surface area (Å²) in [5.74, 6) is -0.0226. The van der Waals surface area contributed by atoms with Gasteiger partial charge in [0.25, 0.3) is 5.91 Å². The first kappa shape index (κ1) is 22.9. The number of allylic oxidation sites excluding steroid dienone is 1. The van der Waals surface area contributed by atoms with Gasteiger partial charge in [-0.3, -0.25) is 14.8 Å². The third-order valence-electron chi connectivity index (χ3n) is 6.69. The molecule has 1 fully saturated rings. The smallest absolute Gasteiger partial charge is 0.253 e. The Balaban J connectivity index is 1.39. The molecule has 0 saturated carbocycles. The van der Waals surface area contributed by atoms with E-state index in [0.29, 0.717) is 12.1 Å². The number of rotatable bonds is 8. The lowest BCUT2D eigenvalue weighted by molar-refractivity contribution is 0.0941. The summed E-state index contributed by atoms with van der Waals surface area (Å²) < 4.78 is 8.11. The number of hydrogen-bond acceptors (Lipinski definition) is 6. The predicted molar refractivity (Wildman–Crippen MR) is 134 cm³/mol. The number of carbonyl (C=O) groups excluding carboxylic acids is 1. The summed E-state index contributed by atoms with van der Waals surface area (Å²) in [7, 11) is 0. The molecule has 1 atom stereocenters. The normalized spacial score (nSPS) is 18.1. The molecule has 0 spiro atoms. The fourth-order valence-electron chi connectivity index (χ4n) is 4.80. The quantitative estimate of drug-likeness (QED) is 0.452. The molecule has 0 radical (unpaired) electrons. The number of nitrogens with zero attached hydrogens (tertiary/aromatic N) is 4. The van der Waals surface area contributed by atoms with Crippen molar-refractivity contribution in [2.75, 3.05) is 13.2 Å². The minimum atomic E-state index is -0.0226. The van der Waals surface area contributed by atoms with Crippen molar-refractivity contribution < 1.29 is 9.53 Å². The number of carbonyl (C=O) groups is 1. The molecule has 0 bridgehead atoms. The Morgan fingerprint density at radius 1 is 1.26 bits per heavy atom. The van der Waals surface area contributed by atoms with E-state index >= 15 is 0 Å². The van der Waals surface area contributed by atoms with Gasteiger partial charge >= 0.3 is 0 Å². The maximum Gasteiger partial charge on any atom is 0.253 e. The lowest BCUT2D eigenvalue weighted by Crippen LogP contribution is -2.25. The molecule has 7 nitrogen and oxygen atoms in total. The molecule has 4 heterocycles. The molecule has 8 heteroatoms. The summed E-state index contributed by atoms with van der Waals surface area (Å²) in [5, 5.41) is 5.99. The maximum absolute atomic E-state index is 13.2. The van der Waals surface area contributed by atoms with Crippen molar-refractivity contribution in [2.24, 2.45) is 0 Å². The van der Waals surface area contributed by atoms with Crippen LogP contribution in [0.25, 0.3) is 22.1 Å². The molecule has 3 aromatic heterocycles. The minimum Gasteiger partial charge on any atom is -0.376 e. The van der Waals surface area contributed by atoms with Gasteiger partial charge in [-0.25, -0.2) is 4.98 Å². The molecule has 34 heavy (non-hydrogen) atoms. The van der Waals surface area contributed by atoms with E-state index in [4.69, 9.17) is 9.72 Å². The fourth-order valence-corrected chi connectivity index (χ4v) is 5.57. The van der Waals surface area contributed by atoms with E-state index in [0.717, 1.165) is 66.6 Å². The zero-order chi connectivity index (χ0) is 23.3. The Morgan fingerprint density at radius 3 is 2.97 bits per heavy atom. The molecular weight excluding hydrogens is 446 g/mol. The van der Waals surface area contributed by atoms with Gasteiger partial charge in [0.05, 0.1) is 29.3 Å². The zero-order valence-corrected chi connectivity index (χ0v) is 20.4. The fraction of sp³-hybridized carbons (Fsp3) is 0.462. The Labute approximate surface area is 204 Å². The molecule has 1 N–H and O–H groups in total. The molecular formula is C26H31N5O2S. The van der Waals surface area contributed by atoms with Crippen molar-refractivity contribution >= 4 is 17.2 Å². The van der Waals surface area contributed by atoms with Gasteiger partial charge < -0.3 is 14.6 Å². The van der Waals surface area contributed by atoms with Crippen molar-refractivity contribution in [1.82, 2.24) is 24.8 Å². The lowest BCUT2D eigenvalue weighted by Gasteiger charge is -2.16. The average Bonchev–Trinajstić information content (AvgIpc) is 3.62. The number of ether oxygens (including phenoxy) is 1. The van der Waals surface area contributed by atoms with Crippen LogP contribution < -0.4 is 5.32 Å². The number of hydrogen-bond donors (Lipinski definition) is 1. The molecule has 1 saturated heterocycles. The van der Waals surface area contributed by atoms with Gasteiger partial charge in [0.2, 0.25) is 0 Å². The first-order valence-corrected chi connectivity index (χ1v) is 13.1.